The lowest BCUT2D eigenvalue weighted by Gasteiger charge is -2.24. The standard InChI is InChI=1S/C12H8ClF3N4OS/c1-22(21)10-9(5-17)19-20-11(10,18)7-3-2-6(4-8(7)13)12(14,15)16/h2-4H,18H2,1H3. The van der Waals surface area contributed by atoms with Crippen LogP contribution in [0.15, 0.2) is 39.0 Å². The van der Waals surface area contributed by atoms with Gasteiger partial charge in [0.1, 0.15) is 11.0 Å². The van der Waals surface area contributed by atoms with Crippen LogP contribution in [0.4, 0.5) is 13.2 Å². The number of halogens is 4. The van der Waals surface area contributed by atoms with Crippen LogP contribution in [-0.4, -0.2) is 10.5 Å². The van der Waals surface area contributed by atoms with Gasteiger partial charge in [0.05, 0.1) is 16.4 Å². The predicted molar refractivity (Wildman–Crippen MR) is 73.9 cm³/mol. The second-order valence-electron chi connectivity index (χ2n) is 4.40. The molecule has 1 aromatic rings. The summed E-state index contributed by atoms with van der Waals surface area (Å²) < 4.78 is 49.8. The smallest absolute Gasteiger partial charge is 0.297 e. The zero-order valence-corrected chi connectivity index (χ0v) is 12.6. The summed E-state index contributed by atoms with van der Waals surface area (Å²) in [6.45, 7) is 0. The third kappa shape index (κ3) is 2.65. The molecule has 2 N–H and O–H groups in total. The lowest BCUT2D eigenvalue weighted by molar-refractivity contribution is -0.137. The average Bonchev–Trinajstić information content (AvgIpc) is 2.75. The highest BCUT2D eigenvalue weighted by Gasteiger charge is 2.43. The van der Waals surface area contributed by atoms with Crippen LogP contribution in [-0.2, 0) is 22.6 Å². The molecule has 1 aliphatic rings. The number of azo groups is 1. The zero-order valence-electron chi connectivity index (χ0n) is 11.0. The molecular formula is C12H8ClF3N4OS. The third-order valence-electron chi connectivity index (χ3n) is 2.97. The fourth-order valence-corrected chi connectivity index (χ4v) is 3.28. The van der Waals surface area contributed by atoms with Gasteiger partial charge in [0.15, 0.2) is 11.4 Å². The molecule has 0 saturated heterocycles. The molecular weight excluding hydrogens is 341 g/mol. The van der Waals surface area contributed by atoms with E-state index in [-0.39, 0.29) is 21.2 Å². The minimum Gasteiger partial charge on any atom is -0.297 e. The summed E-state index contributed by atoms with van der Waals surface area (Å²) in [6.07, 6.45) is -3.30. The van der Waals surface area contributed by atoms with Gasteiger partial charge in [-0.05, 0) is 12.1 Å². The van der Waals surface area contributed by atoms with Crippen molar-refractivity contribution in [3.8, 4) is 6.07 Å². The van der Waals surface area contributed by atoms with Crippen molar-refractivity contribution in [3.63, 3.8) is 0 Å². The van der Waals surface area contributed by atoms with E-state index in [4.69, 9.17) is 22.6 Å². The summed E-state index contributed by atoms with van der Waals surface area (Å²) in [5.41, 5.74) is 2.99. The van der Waals surface area contributed by atoms with Crippen molar-refractivity contribution in [2.24, 2.45) is 16.0 Å². The van der Waals surface area contributed by atoms with Gasteiger partial charge in [-0.15, -0.1) is 5.11 Å². The highest BCUT2D eigenvalue weighted by molar-refractivity contribution is 7.88. The van der Waals surface area contributed by atoms with Crippen molar-refractivity contribution in [1.82, 2.24) is 0 Å². The molecule has 2 rings (SSSR count). The molecule has 1 aromatic carbocycles. The first-order chi connectivity index (χ1) is 10.1. The lowest BCUT2D eigenvalue weighted by atomic mass is 9.98. The molecule has 0 fully saturated rings. The molecule has 2 unspecified atom stereocenters. The Morgan fingerprint density at radius 3 is 2.55 bits per heavy atom. The highest BCUT2D eigenvalue weighted by atomic mass is 35.5. The molecule has 10 heteroatoms. The average molecular weight is 349 g/mol. The summed E-state index contributed by atoms with van der Waals surface area (Å²) in [4.78, 5) is -0.100. The van der Waals surface area contributed by atoms with Gasteiger partial charge in [-0.1, -0.05) is 17.7 Å². The number of hydrogen-bond donors (Lipinski definition) is 1. The number of alkyl halides is 3. The number of hydrogen-bond acceptors (Lipinski definition) is 5. The number of nitrogens with zero attached hydrogens (tertiary/aromatic N) is 3. The quantitative estimate of drug-likeness (QED) is 0.890. The van der Waals surface area contributed by atoms with Crippen molar-refractivity contribution >= 4 is 22.4 Å². The molecule has 2 atom stereocenters. The third-order valence-corrected chi connectivity index (χ3v) is 4.36. The minimum absolute atomic E-state index is 0.0126. The van der Waals surface area contributed by atoms with E-state index in [9.17, 15) is 17.4 Å². The van der Waals surface area contributed by atoms with Gasteiger partial charge in [-0.2, -0.15) is 23.5 Å². The Morgan fingerprint density at radius 1 is 1.45 bits per heavy atom. The topological polar surface area (TPSA) is 91.6 Å². The molecule has 5 nitrogen and oxygen atoms in total. The van der Waals surface area contributed by atoms with Crippen molar-refractivity contribution in [2.75, 3.05) is 6.26 Å². The van der Waals surface area contributed by atoms with E-state index in [1.165, 1.54) is 6.26 Å². The van der Waals surface area contributed by atoms with Crippen molar-refractivity contribution in [2.45, 2.75) is 11.8 Å². The highest BCUT2D eigenvalue weighted by Crippen LogP contribution is 2.42. The molecule has 0 spiro atoms. The largest absolute Gasteiger partial charge is 0.416 e. The zero-order chi connectivity index (χ0) is 16.7. The van der Waals surface area contributed by atoms with E-state index >= 15 is 0 Å². The van der Waals surface area contributed by atoms with Crippen LogP contribution >= 0.6 is 11.6 Å². The molecule has 1 aliphatic heterocycles. The predicted octanol–water partition coefficient (Wildman–Crippen LogP) is 3.05. The van der Waals surface area contributed by atoms with Crippen LogP contribution in [0.25, 0.3) is 0 Å². The number of rotatable bonds is 2. The number of allylic oxidation sites excluding steroid dienone is 1. The Morgan fingerprint density at radius 2 is 2.09 bits per heavy atom. The van der Waals surface area contributed by atoms with Gasteiger partial charge in [-0.3, -0.25) is 9.94 Å². The van der Waals surface area contributed by atoms with Crippen LogP contribution in [0, 0.1) is 11.3 Å². The second-order valence-corrected chi connectivity index (χ2v) is 6.13. The van der Waals surface area contributed by atoms with Crippen LogP contribution in [0.5, 0.6) is 0 Å². The molecule has 0 aliphatic carbocycles. The Balaban J connectivity index is 2.62. The fourth-order valence-electron chi connectivity index (χ4n) is 2.01. The maximum absolute atomic E-state index is 12.7. The minimum atomic E-state index is -4.56. The van der Waals surface area contributed by atoms with Gasteiger partial charge in [0.25, 0.3) is 0 Å². The molecule has 0 aromatic heterocycles. The number of benzene rings is 1. The Bertz CT molecular complexity index is 769. The normalized spacial score (nSPS) is 22.8. The Hall–Kier alpha value is -1.76. The van der Waals surface area contributed by atoms with E-state index in [1.54, 1.807) is 6.07 Å². The van der Waals surface area contributed by atoms with E-state index in [2.05, 4.69) is 10.2 Å². The maximum atomic E-state index is 12.7. The second kappa shape index (κ2) is 5.46. The summed E-state index contributed by atoms with van der Waals surface area (Å²) in [6, 6.07) is 4.22. The van der Waals surface area contributed by atoms with Crippen LogP contribution < -0.4 is 5.73 Å². The van der Waals surface area contributed by atoms with Crippen molar-refractivity contribution in [3.05, 3.63) is 45.0 Å². The maximum Gasteiger partial charge on any atom is 0.416 e. The van der Waals surface area contributed by atoms with E-state index in [1.807, 2.05) is 0 Å². The monoisotopic (exact) mass is 348 g/mol. The molecule has 1 heterocycles. The van der Waals surface area contributed by atoms with Crippen LogP contribution in [0.1, 0.15) is 11.1 Å². The first-order valence-electron chi connectivity index (χ1n) is 5.68. The summed E-state index contributed by atoms with van der Waals surface area (Å²) in [5, 5.41) is 15.9. The van der Waals surface area contributed by atoms with Gasteiger partial charge >= 0.3 is 6.18 Å². The molecule has 0 bridgehead atoms. The molecule has 22 heavy (non-hydrogen) atoms. The van der Waals surface area contributed by atoms with Crippen LogP contribution in [0.2, 0.25) is 5.02 Å². The Kier molecular flexibility index (Phi) is 4.12. The van der Waals surface area contributed by atoms with E-state index in [0.29, 0.717) is 6.07 Å². The van der Waals surface area contributed by atoms with E-state index < -0.39 is 28.2 Å². The van der Waals surface area contributed by atoms with Gasteiger partial charge in [0, 0.05) is 16.8 Å². The molecule has 0 amide bonds. The first-order valence-corrected chi connectivity index (χ1v) is 7.62. The number of nitrogens with two attached hydrogens (primary N) is 1. The van der Waals surface area contributed by atoms with Crippen molar-refractivity contribution in [1.29, 1.82) is 5.26 Å². The van der Waals surface area contributed by atoms with Crippen LogP contribution in [0.3, 0.4) is 0 Å². The fraction of sp³-hybridized carbons (Fsp3) is 0.250. The van der Waals surface area contributed by atoms with Gasteiger partial charge in [-0.25, -0.2) is 0 Å². The lowest BCUT2D eigenvalue weighted by Crippen LogP contribution is -2.37. The molecule has 0 saturated carbocycles. The SMILES string of the molecule is CS(=O)C1=C(C#N)N=NC1(N)c1ccc(C(F)(F)F)cc1Cl. The summed E-state index contributed by atoms with van der Waals surface area (Å²) in [7, 11) is -1.71. The van der Waals surface area contributed by atoms with Crippen molar-refractivity contribution < 1.29 is 17.4 Å². The van der Waals surface area contributed by atoms with E-state index in [0.717, 1.165) is 12.1 Å². The van der Waals surface area contributed by atoms with Gasteiger partial charge < -0.3 is 0 Å². The van der Waals surface area contributed by atoms with Gasteiger partial charge in [0.2, 0.25) is 0 Å². The first kappa shape index (κ1) is 16.6. The molecule has 0 radical (unpaired) electrons. The Labute approximate surface area is 130 Å². The molecule has 116 valence electrons. The number of nitriles is 1. The summed E-state index contributed by atoms with van der Waals surface area (Å²) in [5.74, 6) is 0. The summed E-state index contributed by atoms with van der Waals surface area (Å²) >= 11 is 5.88.